The maximum absolute atomic E-state index is 13.3. The first-order valence-corrected chi connectivity index (χ1v) is 11.5. The van der Waals surface area contributed by atoms with Crippen LogP contribution in [0.25, 0.3) is 0 Å². The van der Waals surface area contributed by atoms with Gasteiger partial charge in [0.25, 0.3) is 16.8 Å². The number of nitro benzene ring substituents is 1. The monoisotopic (exact) mass is 473 g/mol. The number of nitro groups is 1. The van der Waals surface area contributed by atoms with E-state index in [-0.39, 0.29) is 16.8 Å². The fourth-order valence-corrected chi connectivity index (χ4v) is 5.80. The van der Waals surface area contributed by atoms with E-state index < -0.39 is 33.7 Å². The molecule has 3 aromatic rings. The molecule has 5 rings (SSSR count). The molecule has 32 heavy (non-hydrogen) atoms. The maximum atomic E-state index is 13.3. The fourth-order valence-electron chi connectivity index (χ4n) is 3.92. The van der Waals surface area contributed by atoms with Crippen LogP contribution >= 0.6 is 23.5 Å². The summed E-state index contributed by atoms with van der Waals surface area (Å²) in [5, 5.41) is 33.2. The van der Waals surface area contributed by atoms with E-state index in [1.165, 1.54) is 56.9 Å². The van der Waals surface area contributed by atoms with Crippen LogP contribution < -0.4 is 11.1 Å². The number of benzene rings is 1. The van der Waals surface area contributed by atoms with E-state index in [1.807, 2.05) is 0 Å². The van der Waals surface area contributed by atoms with Gasteiger partial charge in [-0.3, -0.25) is 28.8 Å². The standard InChI is InChI=1S/C19H15N5O6S2/c25-14-12(16(27)22-5-7-31-18(22)20-14)11(9-1-3-10(4-2-9)24(29)30)13-15(26)21-19-23(17(13)28)6-8-32-19/h1-4,11,25-26H,5-8H2. The molecule has 0 saturated carbocycles. The third kappa shape index (κ3) is 3.15. The van der Waals surface area contributed by atoms with E-state index in [9.17, 15) is 29.9 Å². The van der Waals surface area contributed by atoms with Gasteiger partial charge in [0.1, 0.15) is 0 Å². The minimum atomic E-state index is -1.22. The Kier molecular flexibility index (Phi) is 4.93. The zero-order chi connectivity index (χ0) is 22.6. The Labute approximate surface area is 187 Å². The van der Waals surface area contributed by atoms with Crippen molar-refractivity contribution in [3.05, 3.63) is 71.8 Å². The summed E-state index contributed by atoms with van der Waals surface area (Å²) in [5.41, 5.74) is -1.34. The van der Waals surface area contributed by atoms with E-state index in [0.717, 1.165) is 0 Å². The predicted molar refractivity (Wildman–Crippen MR) is 116 cm³/mol. The first-order chi connectivity index (χ1) is 15.4. The van der Waals surface area contributed by atoms with Crippen molar-refractivity contribution >= 4 is 29.2 Å². The number of fused-ring (bicyclic) bond motifs is 2. The van der Waals surface area contributed by atoms with Gasteiger partial charge < -0.3 is 10.2 Å². The summed E-state index contributed by atoms with van der Waals surface area (Å²) in [6.45, 7) is 0.770. The van der Waals surface area contributed by atoms with Crippen LogP contribution in [0.15, 0.2) is 44.2 Å². The lowest BCUT2D eigenvalue weighted by molar-refractivity contribution is -0.384. The van der Waals surface area contributed by atoms with Crippen molar-refractivity contribution in [1.82, 2.24) is 19.1 Å². The van der Waals surface area contributed by atoms with E-state index in [1.54, 1.807) is 0 Å². The molecule has 0 unspecified atom stereocenters. The number of hydrogen-bond donors (Lipinski definition) is 2. The number of aromatic hydroxyl groups is 2. The second kappa shape index (κ2) is 7.67. The SMILES string of the molecule is O=c1c(C(c2ccc([N+](=O)[O-])cc2)c2c(O)nc3n(c2=O)CCS3)c(O)nc2n1CCS2. The molecule has 2 aliphatic heterocycles. The van der Waals surface area contributed by atoms with Crippen LogP contribution in [-0.4, -0.2) is 45.7 Å². The molecule has 0 amide bonds. The van der Waals surface area contributed by atoms with E-state index >= 15 is 0 Å². The Balaban J connectivity index is 1.81. The Morgan fingerprint density at radius 3 is 1.81 bits per heavy atom. The summed E-state index contributed by atoms with van der Waals surface area (Å²) < 4.78 is 2.81. The van der Waals surface area contributed by atoms with Crippen molar-refractivity contribution in [2.24, 2.45) is 0 Å². The van der Waals surface area contributed by atoms with Gasteiger partial charge in [0, 0.05) is 36.7 Å². The molecule has 0 saturated heterocycles. The van der Waals surface area contributed by atoms with Crippen molar-refractivity contribution in [3.8, 4) is 11.8 Å². The molecule has 2 aromatic heterocycles. The third-order valence-corrected chi connectivity index (χ3v) is 7.32. The molecule has 1 aromatic carbocycles. The highest BCUT2D eigenvalue weighted by Gasteiger charge is 2.34. The van der Waals surface area contributed by atoms with Gasteiger partial charge in [0.2, 0.25) is 11.8 Å². The van der Waals surface area contributed by atoms with Crippen LogP contribution in [0.4, 0.5) is 5.69 Å². The molecule has 0 bridgehead atoms. The number of thioether (sulfide) groups is 2. The zero-order valence-corrected chi connectivity index (χ0v) is 17.9. The molecule has 0 fully saturated rings. The summed E-state index contributed by atoms with van der Waals surface area (Å²) in [6.07, 6.45) is 0. The smallest absolute Gasteiger partial charge is 0.269 e. The highest BCUT2D eigenvalue weighted by molar-refractivity contribution is 7.99. The van der Waals surface area contributed by atoms with Crippen molar-refractivity contribution in [2.75, 3.05) is 11.5 Å². The van der Waals surface area contributed by atoms with Gasteiger partial charge in [-0.2, -0.15) is 9.97 Å². The normalized spacial score (nSPS) is 14.5. The second-order valence-electron chi connectivity index (χ2n) is 7.16. The van der Waals surface area contributed by atoms with Gasteiger partial charge in [-0.1, -0.05) is 35.7 Å². The lowest BCUT2D eigenvalue weighted by atomic mass is 9.86. The van der Waals surface area contributed by atoms with Crippen LogP contribution in [0, 0.1) is 10.1 Å². The number of hydrogen-bond acceptors (Lipinski definition) is 10. The molecule has 2 N–H and O–H groups in total. The number of non-ortho nitro benzene ring substituents is 1. The molecule has 2 aliphatic rings. The van der Waals surface area contributed by atoms with Crippen LogP contribution in [-0.2, 0) is 13.1 Å². The third-order valence-electron chi connectivity index (χ3n) is 5.40. The van der Waals surface area contributed by atoms with Gasteiger partial charge in [-0.05, 0) is 5.56 Å². The first-order valence-electron chi connectivity index (χ1n) is 9.54. The number of nitrogens with zero attached hydrogens (tertiary/aromatic N) is 5. The quantitative estimate of drug-likeness (QED) is 0.324. The molecule has 13 heteroatoms. The predicted octanol–water partition coefficient (Wildman–Crippen LogP) is 1.51. The second-order valence-corrected chi connectivity index (χ2v) is 9.28. The van der Waals surface area contributed by atoms with Gasteiger partial charge in [0.15, 0.2) is 10.3 Å². The molecular weight excluding hydrogens is 458 g/mol. The molecule has 0 spiro atoms. The summed E-state index contributed by atoms with van der Waals surface area (Å²) in [7, 11) is 0. The van der Waals surface area contributed by atoms with Gasteiger partial charge >= 0.3 is 0 Å². The summed E-state index contributed by atoms with van der Waals surface area (Å²) in [4.78, 5) is 45.4. The molecule has 11 nitrogen and oxygen atoms in total. The fraction of sp³-hybridized carbons (Fsp3) is 0.263. The molecule has 0 radical (unpaired) electrons. The van der Waals surface area contributed by atoms with Crippen LogP contribution in [0.2, 0.25) is 0 Å². The molecule has 0 atom stereocenters. The van der Waals surface area contributed by atoms with Crippen LogP contribution in [0.3, 0.4) is 0 Å². The van der Waals surface area contributed by atoms with E-state index in [2.05, 4.69) is 9.97 Å². The lowest BCUT2D eigenvalue weighted by Crippen LogP contribution is -2.32. The zero-order valence-electron chi connectivity index (χ0n) is 16.3. The summed E-state index contributed by atoms with van der Waals surface area (Å²) in [6, 6.07) is 5.25. The average Bonchev–Trinajstić information content (AvgIpc) is 3.42. The molecule has 0 aliphatic carbocycles. The first kappa shape index (κ1) is 20.6. The number of aromatic nitrogens is 4. The summed E-state index contributed by atoms with van der Waals surface area (Å²) >= 11 is 2.65. The Morgan fingerprint density at radius 2 is 1.38 bits per heavy atom. The Bertz CT molecular complexity index is 1310. The van der Waals surface area contributed by atoms with Crippen LogP contribution in [0.1, 0.15) is 22.6 Å². The molecule has 4 heterocycles. The Hall–Kier alpha value is -3.32. The molecule has 164 valence electrons. The van der Waals surface area contributed by atoms with Gasteiger partial charge in [-0.25, -0.2) is 0 Å². The summed E-state index contributed by atoms with van der Waals surface area (Å²) in [5.74, 6) is -1.12. The van der Waals surface area contributed by atoms with Crippen molar-refractivity contribution < 1.29 is 15.1 Å². The largest absolute Gasteiger partial charge is 0.493 e. The van der Waals surface area contributed by atoms with Crippen molar-refractivity contribution in [2.45, 2.75) is 29.3 Å². The van der Waals surface area contributed by atoms with Gasteiger partial charge in [0.05, 0.1) is 22.0 Å². The van der Waals surface area contributed by atoms with E-state index in [0.29, 0.717) is 40.5 Å². The highest BCUT2D eigenvalue weighted by atomic mass is 32.2. The van der Waals surface area contributed by atoms with Crippen molar-refractivity contribution in [3.63, 3.8) is 0 Å². The average molecular weight is 473 g/mol. The topological polar surface area (TPSA) is 153 Å². The molecular formula is C19H15N5O6S2. The van der Waals surface area contributed by atoms with Crippen LogP contribution in [0.5, 0.6) is 11.8 Å². The Morgan fingerprint density at radius 1 is 0.906 bits per heavy atom. The lowest BCUT2D eigenvalue weighted by Gasteiger charge is -2.20. The van der Waals surface area contributed by atoms with Gasteiger partial charge in [-0.15, -0.1) is 0 Å². The minimum Gasteiger partial charge on any atom is -0.493 e. The number of rotatable bonds is 4. The highest BCUT2D eigenvalue weighted by Crippen LogP contribution is 2.39. The minimum absolute atomic E-state index is 0.179. The maximum Gasteiger partial charge on any atom is 0.269 e. The van der Waals surface area contributed by atoms with E-state index in [4.69, 9.17) is 0 Å². The van der Waals surface area contributed by atoms with Crippen molar-refractivity contribution in [1.29, 1.82) is 0 Å².